The highest BCUT2D eigenvalue weighted by Gasteiger charge is 2.56. The Morgan fingerprint density at radius 3 is 2.80 bits per heavy atom. The van der Waals surface area contributed by atoms with E-state index in [0.717, 1.165) is 5.56 Å². The van der Waals surface area contributed by atoms with E-state index in [-0.39, 0.29) is 17.9 Å². The summed E-state index contributed by atoms with van der Waals surface area (Å²) in [5.41, 5.74) is 0.434. The quantitative estimate of drug-likeness (QED) is 0.878. The summed E-state index contributed by atoms with van der Waals surface area (Å²) >= 11 is 0. The van der Waals surface area contributed by atoms with E-state index in [1.165, 1.54) is 12.1 Å². The molecule has 2 aromatic carbocycles. The predicted molar refractivity (Wildman–Crippen MR) is 91.1 cm³/mol. The maximum absolute atomic E-state index is 14.0. The van der Waals surface area contributed by atoms with Gasteiger partial charge >= 0.3 is 6.03 Å². The Morgan fingerprint density at radius 2 is 2.04 bits per heavy atom. The van der Waals surface area contributed by atoms with Gasteiger partial charge in [0.2, 0.25) is 0 Å². The molecule has 6 heteroatoms. The number of urea groups is 1. The van der Waals surface area contributed by atoms with Crippen LogP contribution in [0.2, 0.25) is 0 Å². The van der Waals surface area contributed by atoms with Crippen LogP contribution in [-0.4, -0.2) is 23.4 Å². The van der Waals surface area contributed by atoms with Gasteiger partial charge in [-0.3, -0.25) is 10.7 Å². The van der Waals surface area contributed by atoms with Crippen molar-refractivity contribution >= 4 is 11.9 Å². The molecule has 2 N–H and O–H groups in total. The summed E-state index contributed by atoms with van der Waals surface area (Å²) in [6.45, 7) is 2.28. The van der Waals surface area contributed by atoms with Gasteiger partial charge in [0.25, 0.3) is 0 Å². The van der Waals surface area contributed by atoms with E-state index in [4.69, 9.17) is 10.1 Å². The fourth-order valence-electron chi connectivity index (χ4n) is 3.86. The molecule has 0 bridgehead atoms. The molecule has 0 radical (unpaired) electrons. The van der Waals surface area contributed by atoms with Crippen molar-refractivity contribution < 1.29 is 13.9 Å². The number of nitrogens with one attached hydrogen (secondary N) is 2. The highest BCUT2D eigenvalue weighted by molar-refractivity contribution is 6.09. The summed E-state index contributed by atoms with van der Waals surface area (Å²) in [5, 5.41) is 11.1. The number of carbonyl (C=O) groups excluding carboxylic acids is 1. The van der Waals surface area contributed by atoms with E-state index in [9.17, 15) is 9.18 Å². The van der Waals surface area contributed by atoms with Crippen LogP contribution >= 0.6 is 0 Å². The molecule has 5 nitrogen and oxygen atoms in total. The summed E-state index contributed by atoms with van der Waals surface area (Å²) in [4.78, 5) is 14.4. The standard InChI is InChI=1S/C19H18FN3O2/c1-12(13-5-3-2-4-6-13)23-18(24)22-17(21)19(23)9-10-25-16-8-7-14(20)11-15(16)19/h2-8,11-12H,9-10H2,1H3,(H2,21,22,24)/t12-,19-/m0/s1. The smallest absolute Gasteiger partial charge is 0.324 e. The highest BCUT2D eigenvalue weighted by Crippen LogP contribution is 2.47. The summed E-state index contributed by atoms with van der Waals surface area (Å²) in [6.07, 6.45) is 0.401. The maximum atomic E-state index is 14.0. The SMILES string of the molecule is C[C@@H](c1ccccc1)N1C(=O)NC(=N)[C@@]12CCOc1ccc(F)cc12. The van der Waals surface area contributed by atoms with Gasteiger partial charge in [-0.25, -0.2) is 9.18 Å². The van der Waals surface area contributed by atoms with E-state index >= 15 is 0 Å². The van der Waals surface area contributed by atoms with Crippen LogP contribution in [-0.2, 0) is 5.54 Å². The lowest BCUT2D eigenvalue weighted by Crippen LogP contribution is -2.50. The lowest BCUT2D eigenvalue weighted by atomic mass is 9.81. The van der Waals surface area contributed by atoms with Crippen LogP contribution in [0.5, 0.6) is 5.75 Å². The third-order valence-electron chi connectivity index (χ3n) is 5.05. The van der Waals surface area contributed by atoms with Crippen molar-refractivity contribution in [1.29, 1.82) is 5.41 Å². The first-order valence-corrected chi connectivity index (χ1v) is 8.21. The molecule has 128 valence electrons. The first-order valence-electron chi connectivity index (χ1n) is 8.21. The van der Waals surface area contributed by atoms with E-state index in [0.29, 0.717) is 24.3 Å². The minimum Gasteiger partial charge on any atom is -0.493 e. The Bertz CT molecular complexity index is 855. The molecule has 1 spiro atoms. The van der Waals surface area contributed by atoms with E-state index in [1.54, 1.807) is 11.0 Å². The van der Waals surface area contributed by atoms with Crippen LogP contribution < -0.4 is 10.1 Å². The molecule has 4 rings (SSSR count). The van der Waals surface area contributed by atoms with Crippen LogP contribution in [0.25, 0.3) is 0 Å². The first-order chi connectivity index (χ1) is 12.0. The Balaban J connectivity index is 1.89. The number of fused-ring (bicyclic) bond motifs is 2. The van der Waals surface area contributed by atoms with Crippen molar-refractivity contribution in [3.63, 3.8) is 0 Å². The van der Waals surface area contributed by atoms with Gasteiger partial charge in [0.05, 0.1) is 12.6 Å². The lowest BCUT2D eigenvalue weighted by molar-refractivity contribution is 0.105. The molecule has 2 aliphatic heterocycles. The number of halogens is 1. The van der Waals surface area contributed by atoms with Crippen LogP contribution in [0.15, 0.2) is 48.5 Å². The monoisotopic (exact) mass is 339 g/mol. The maximum Gasteiger partial charge on any atom is 0.324 e. The predicted octanol–water partition coefficient (Wildman–Crippen LogP) is 3.57. The summed E-state index contributed by atoms with van der Waals surface area (Å²) in [7, 11) is 0. The van der Waals surface area contributed by atoms with Crippen molar-refractivity contribution in [2.45, 2.75) is 24.9 Å². The van der Waals surface area contributed by atoms with Crippen LogP contribution in [0, 0.1) is 11.2 Å². The fraction of sp³-hybridized carbons (Fsp3) is 0.263. The van der Waals surface area contributed by atoms with Crippen molar-refractivity contribution in [3.8, 4) is 5.75 Å². The van der Waals surface area contributed by atoms with Crippen LogP contribution in [0.1, 0.15) is 30.5 Å². The van der Waals surface area contributed by atoms with Gasteiger partial charge < -0.3 is 9.64 Å². The molecule has 25 heavy (non-hydrogen) atoms. The number of ether oxygens (including phenoxy) is 1. The average Bonchev–Trinajstić information content (AvgIpc) is 2.86. The molecule has 2 amide bonds. The van der Waals surface area contributed by atoms with Gasteiger partial charge in [-0.2, -0.15) is 0 Å². The van der Waals surface area contributed by atoms with E-state index in [1.807, 2.05) is 37.3 Å². The molecule has 2 aliphatic rings. The normalized spacial score (nSPS) is 23.2. The second-order valence-corrected chi connectivity index (χ2v) is 6.36. The molecule has 2 aromatic rings. The zero-order valence-electron chi connectivity index (χ0n) is 13.8. The molecular weight excluding hydrogens is 321 g/mol. The second kappa shape index (κ2) is 5.58. The number of nitrogens with zero attached hydrogens (tertiary/aromatic N) is 1. The van der Waals surface area contributed by atoms with E-state index < -0.39 is 11.4 Å². The summed E-state index contributed by atoms with van der Waals surface area (Å²) in [6, 6.07) is 13.3. The zero-order valence-corrected chi connectivity index (χ0v) is 13.8. The third kappa shape index (κ3) is 2.21. The minimum absolute atomic E-state index is 0.0652. The number of hydrogen-bond acceptors (Lipinski definition) is 3. The summed E-state index contributed by atoms with van der Waals surface area (Å²) in [5.74, 6) is 0.165. The van der Waals surface area contributed by atoms with Gasteiger partial charge in [0, 0.05) is 12.0 Å². The number of amidine groups is 1. The number of benzene rings is 2. The molecule has 0 unspecified atom stereocenters. The number of amides is 2. The lowest BCUT2D eigenvalue weighted by Gasteiger charge is -2.43. The Morgan fingerprint density at radius 1 is 1.28 bits per heavy atom. The molecule has 0 saturated carbocycles. The second-order valence-electron chi connectivity index (χ2n) is 6.36. The zero-order chi connectivity index (χ0) is 17.6. The van der Waals surface area contributed by atoms with Crippen molar-refractivity contribution in [2.75, 3.05) is 6.61 Å². The van der Waals surface area contributed by atoms with Gasteiger partial charge in [-0.05, 0) is 30.7 Å². The van der Waals surface area contributed by atoms with Gasteiger partial charge in [-0.1, -0.05) is 30.3 Å². The molecular formula is C19H18FN3O2. The molecule has 1 saturated heterocycles. The number of hydrogen-bond donors (Lipinski definition) is 2. The molecule has 0 aromatic heterocycles. The van der Waals surface area contributed by atoms with Gasteiger partial charge in [0.15, 0.2) is 0 Å². The largest absolute Gasteiger partial charge is 0.493 e. The summed E-state index contributed by atoms with van der Waals surface area (Å²) < 4.78 is 19.6. The highest BCUT2D eigenvalue weighted by atomic mass is 19.1. The van der Waals surface area contributed by atoms with Crippen LogP contribution in [0.4, 0.5) is 9.18 Å². The Labute approximate surface area is 144 Å². The van der Waals surface area contributed by atoms with Crippen molar-refractivity contribution in [1.82, 2.24) is 10.2 Å². The molecule has 1 fully saturated rings. The topological polar surface area (TPSA) is 65.4 Å². The molecule has 2 heterocycles. The molecule has 0 aliphatic carbocycles. The average molecular weight is 339 g/mol. The van der Waals surface area contributed by atoms with Crippen LogP contribution in [0.3, 0.4) is 0 Å². The first kappa shape index (κ1) is 15.6. The van der Waals surface area contributed by atoms with E-state index in [2.05, 4.69) is 5.32 Å². The fourth-order valence-corrected chi connectivity index (χ4v) is 3.86. The van der Waals surface area contributed by atoms with Crippen molar-refractivity contribution in [3.05, 3.63) is 65.5 Å². The number of rotatable bonds is 2. The molecule has 2 atom stereocenters. The third-order valence-corrected chi connectivity index (χ3v) is 5.05. The number of carbonyl (C=O) groups is 1. The Hall–Kier alpha value is -2.89. The Kier molecular flexibility index (Phi) is 3.49. The van der Waals surface area contributed by atoms with Crippen molar-refractivity contribution in [2.24, 2.45) is 0 Å². The van der Waals surface area contributed by atoms with Gasteiger partial charge in [-0.15, -0.1) is 0 Å². The van der Waals surface area contributed by atoms with Gasteiger partial charge in [0.1, 0.15) is 22.9 Å². The minimum atomic E-state index is -1.04.